The zero-order valence-electron chi connectivity index (χ0n) is 15.6. The first kappa shape index (κ1) is 19.8. The minimum Gasteiger partial charge on any atom is -0.285 e. The van der Waals surface area contributed by atoms with Crippen LogP contribution in [-0.4, -0.2) is 23.0 Å². The SMILES string of the molecule is Cc1ccc(/C=C/CCCN(CC#N)Cc2ccc(CF)cn2)c(C)c1. The second-order valence-electron chi connectivity index (χ2n) is 6.56. The van der Waals surface area contributed by atoms with Crippen LogP contribution < -0.4 is 0 Å². The van der Waals surface area contributed by atoms with Crippen LogP contribution in [0.15, 0.2) is 42.6 Å². The third-order valence-corrected chi connectivity index (χ3v) is 4.29. The molecule has 2 aromatic rings. The number of alkyl halides is 1. The Morgan fingerprint density at radius 1 is 1.23 bits per heavy atom. The molecule has 0 saturated heterocycles. The van der Waals surface area contributed by atoms with E-state index in [1.807, 2.05) is 6.07 Å². The molecule has 0 unspecified atom stereocenters. The maximum Gasteiger partial charge on any atom is 0.116 e. The Kier molecular flexibility index (Phi) is 7.98. The number of rotatable bonds is 9. The Morgan fingerprint density at radius 3 is 2.73 bits per heavy atom. The molecule has 0 radical (unpaired) electrons. The van der Waals surface area contributed by atoms with Crippen LogP contribution in [0.3, 0.4) is 0 Å². The number of nitrogens with zero attached hydrogens (tertiary/aromatic N) is 3. The fourth-order valence-corrected chi connectivity index (χ4v) is 2.83. The summed E-state index contributed by atoms with van der Waals surface area (Å²) in [5.41, 5.74) is 5.26. The first-order valence-electron chi connectivity index (χ1n) is 8.95. The molecule has 0 bridgehead atoms. The molecule has 2 rings (SSSR count). The quantitative estimate of drug-likeness (QED) is 0.472. The number of benzene rings is 1. The van der Waals surface area contributed by atoms with Gasteiger partial charge in [-0.25, -0.2) is 4.39 Å². The maximum atomic E-state index is 12.5. The predicted octanol–water partition coefficient (Wildman–Crippen LogP) is 4.99. The van der Waals surface area contributed by atoms with Gasteiger partial charge in [-0.3, -0.25) is 9.88 Å². The van der Waals surface area contributed by atoms with E-state index in [0.29, 0.717) is 18.7 Å². The van der Waals surface area contributed by atoms with Gasteiger partial charge in [0, 0.05) is 18.3 Å². The number of aryl methyl sites for hydroxylation is 2. The summed E-state index contributed by atoms with van der Waals surface area (Å²) in [4.78, 5) is 6.34. The summed E-state index contributed by atoms with van der Waals surface area (Å²) in [7, 11) is 0. The van der Waals surface area contributed by atoms with Crippen LogP contribution in [0.1, 0.15) is 40.8 Å². The predicted molar refractivity (Wildman–Crippen MR) is 104 cm³/mol. The summed E-state index contributed by atoms with van der Waals surface area (Å²) in [5, 5.41) is 9.03. The molecule has 3 nitrogen and oxygen atoms in total. The highest BCUT2D eigenvalue weighted by Gasteiger charge is 2.06. The van der Waals surface area contributed by atoms with E-state index < -0.39 is 6.67 Å². The first-order valence-corrected chi connectivity index (χ1v) is 8.95. The minimum absolute atomic E-state index is 0.368. The number of aromatic nitrogens is 1. The van der Waals surface area contributed by atoms with Gasteiger partial charge in [0.05, 0.1) is 18.3 Å². The second-order valence-corrected chi connectivity index (χ2v) is 6.56. The van der Waals surface area contributed by atoms with Gasteiger partial charge in [-0.1, -0.05) is 42.0 Å². The largest absolute Gasteiger partial charge is 0.285 e. The van der Waals surface area contributed by atoms with Crippen LogP contribution in [0, 0.1) is 25.2 Å². The number of nitriles is 1. The van der Waals surface area contributed by atoms with E-state index in [1.165, 1.54) is 16.7 Å². The Balaban J connectivity index is 1.82. The van der Waals surface area contributed by atoms with Crippen molar-refractivity contribution in [2.24, 2.45) is 0 Å². The zero-order valence-corrected chi connectivity index (χ0v) is 15.6. The summed E-state index contributed by atoms with van der Waals surface area (Å²) >= 11 is 0. The van der Waals surface area contributed by atoms with Crippen molar-refractivity contribution in [2.45, 2.75) is 39.9 Å². The minimum atomic E-state index is -0.498. The highest BCUT2D eigenvalue weighted by molar-refractivity contribution is 5.54. The highest BCUT2D eigenvalue weighted by atomic mass is 19.1. The van der Waals surface area contributed by atoms with Crippen LogP contribution in [0.4, 0.5) is 4.39 Å². The van der Waals surface area contributed by atoms with Gasteiger partial charge in [0.15, 0.2) is 0 Å². The standard InChI is InChI=1S/C22H26FN3/c1-18-7-9-21(19(2)14-18)6-4-3-5-12-26(13-11-24)17-22-10-8-20(15-23)16-25-22/h4,6-10,14,16H,3,5,12-13,15,17H2,1-2H3/b6-4+. The fourth-order valence-electron chi connectivity index (χ4n) is 2.83. The molecular weight excluding hydrogens is 325 g/mol. The number of unbranched alkanes of at least 4 members (excludes halogenated alkanes) is 1. The van der Waals surface area contributed by atoms with Crippen LogP contribution in [0.5, 0.6) is 0 Å². The molecule has 1 aromatic heterocycles. The fraction of sp³-hybridized carbons (Fsp3) is 0.364. The summed E-state index contributed by atoms with van der Waals surface area (Å²) in [6.45, 7) is 5.54. The van der Waals surface area contributed by atoms with Gasteiger partial charge >= 0.3 is 0 Å². The molecular formula is C22H26FN3. The monoisotopic (exact) mass is 351 g/mol. The summed E-state index contributed by atoms with van der Waals surface area (Å²) in [6, 6.07) is 12.3. The van der Waals surface area contributed by atoms with Gasteiger partial charge in [0.1, 0.15) is 6.67 Å². The van der Waals surface area contributed by atoms with Crippen molar-refractivity contribution in [3.05, 3.63) is 70.6 Å². The van der Waals surface area contributed by atoms with Gasteiger partial charge in [-0.2, -0.15) is 5.26 Å². The first-order chi connectivity index (χ1) is 12.6. The molecule has 0 aliphatic carbocycles. The van der Waals surface area contributed by atoms with Crippen LogP contribution in [0.2, 0.25) is 0 Å². The smallest absolute Gasteiger partial charge is 0.116 e. The topological polar surface area (TPSA) is 39.9 Å². The van der Waals surface area contributed by atoms with E-state index in [0.717, 1.165) is 25.1 Å². The lowest BCUT2D eigenvalue weighted by atomic mass is 10.0. The Bertz CT molecular complexity index is 760. The molecule has 0 atom stereocenters. The third kappa shape index (κ3) is 6.42. The van der Waals surface area contributed by atoms with Gasteiger partial charge in [0.2, 0.25) is 0 Å². The molecule has 136 valence electrons. The molecule has 26 heavy (non-hydrogen) atoms. The molecule has 4 heteroatoms. The van der Waals surface area contributed by atoms with E-state index in [2.05, 4.69) is 60.2 Å². The van der Waals surface area contributed by atoms with Crippen molar-refractivity contribution in [3.8, 4) is 6.07 Å². The molecule has 1 heterocycles. The maximum absolute atomic E-state index is 12.5. The molecule has 0 aliphatic heterocycles. The van der Waals surface area contributed by atoms with Gasteiger partial charge < -0.3 is 0 Å². The molecule has 1 aromatic carbocycles. The summed E-state index contributed by atoms with van der Waals surface area (Å²) in [5.74, 6) is 0. The Hall–Kier alpha value is -2.51. The Labute approximate surface area is 155 Å². The zero-order chi connectivity index (χ0) is 18.8. The normalized spacial score (nSPS) is 11.2. The average Bonchev–Trinajstić information content (AvgIpc) is 2.63. The number of hydrogen-bond donors (Lipinski definition) is 0. The van der Waals surface area contributed by atoms with Crippen LogP contribution in [0.25, 0.3) is 6.08 Å². The molecule has 0 saturated carbocycles. The van der Waals surface area contributed by atoms with Crippen molar-refractivity contribution >= 4 is 6.08 Å². The lowest BCUT2D eigenvalue weighted by molar-refractivity contribution is 0.291. The van der Waals surface area contributed by atoms with Crippen molar-refractivity contribution < 1.29 is 4.39 Å². The highest BCUT2D eigenvalue weighted by Crippen LogP contribution is 2.13. The van der Waals surface area contributed by atoms with Crippen molar-refractivity contribution in [1.29, 1.82) is 5.26 Å². The second kappa shape index (κ2) is 10.5. The number of pyridine rings is 1. The Morgan fingerprint density at radius 2 is 2.08 bits per heavy atom. The van der Waals surface area contributed by atoms with E-state index in [4.69, 9.17) is 5.26 Å². The molecule has 0 spiro atoms. The molecule has 0 amide bonds. The molecule has 0 aliphatic rings. The van der Waals surface area contributed by atoms with Crippen molar-refractivity contribution in [3.63, 3.8) is 0 Å². The van der Waals surface area contributed by atoms with Gasteiger partial charge in [-0.15, -0.1) is 0 Å². The van der Waals surface area contributed by atoms with Gasteiger partial charge in [-0.05, 0) is 50.4 Å². The van der Waals surface area contributed by atoms with E-state index >= 15 is 0 Å². The van der Waals surface area contributed by atoms with E-state index in [1.54, 1.807) is 12.3 Å². The third-order valence-electron chi connectivity index (χ3n) is 4.29. The average molecular weight is 351 g/mol. The summed E-state index contributed by atoms with van der Waals surface area (Å²) in [6.07, 6.45) is 7.86. The summed E-state index contributed by atoms with van der Waals surface area (Å²) < 4.78 is 12.5. The molecule has 0 fully saturated rings. The van der Waals surface area contributed by atoms with E-state index in [9.17, 15) is 4.39 Å². The lowest BCUT2D eigenvalue weighted by Gasteiger charge is -2.18. The number of allylic oxidation sites excluding steroid dienone is 1. The van der Waals surface area contributed by atoms with Crippen molar-refractivity contribution in [2.75, 3.05) is 13.1 Å². The van der Waals surface area contributed by atoms with Crippen LogP contribution in [-0.2, 0) is 13.2 Å². The van der Waals surface area contributed by atoms with Crippen molar-refractivity contribution in [1.82, 2.24) is 9.88 Å². The van der Waals surface area contributed by atoms with Crippen LogP contribution >= 0.6 is 0 Å². The number of halogens is 1. The lowest BCUT2D eigenvalue weighted by Crippen LogP contribution is -2.25. The van der Waals surface area contributed by atoms with E-state index in [-0.39, 0.29) is 0 Å². The molecule has 0 N–H and O–H groups in total. The number of hydrogen-bond acceptors (Lipinski definition) is 3. The van der Waals surface area contributed by atoms with Gasteiger partial charge in [0.25, 0.3) is 0 Å².